The lowest BCUT2D eigenvalue weighted by Crippen LogP contribution is -2.24. The van der Waals surface area contributed by atoms with E-state index in [0.29, 0.717) is 6.04 Å². The predicted octanol–water partition coefficient (Wildman–Crippen LogP) is 2.53. The van der Waals surface area contributed by atoms with E-state index in [9.17, 15) is 0 Å². The van der Waals surface area contributed by atoms with Crippen LogP contribution in [0.2, 0.25) is 0 Å². The van der Waals surface area contributed by atoms with E-state index < -0.39 is 0 Å². The van der Waals surface area contributed by atoms with Gasteiger partial charge in [-0.2, -0.15) is 5.10 Å². The molecule has 2 heterocycles. The van der Waals surface area contributed by atoms with Crippen LogP contribution in [-0.2, 0) is 6.54 Å². The van der Waals surface area contributed by atoms with Gasteiger partial charge in [-0.3, -0.25) is 10.1 Å². The van der Waals surface area contributed by atoms with Crippen molar-refractivity contribution in [3.8, 4) is 11.3 Å². The van der Waals surface area contributed by atoms with Crippen molar-refractivity contribution in [1.82, 2.24) is 20.5 Å². The number of aromatic amines is 1. The van der Waals surface area contributed by atoms with Crippen LogP contribution < -0.4 is 5.32 Å². The summed E-state index contributed by atoms with van der Waals surface area (Å²) >= 11 is 0. The highest BCUT2D eigenvalue weighted by Gasteiger charge is 2.08. The molecule has 1 unspecified atom stereocenters. The average Bonchev–Trinajstić information content (AvgIpc) is 2.86. The van der Waals surface area contributed by atoms with Crippen molar-refractivity contribution in [3.05, 3.63) is 48.9 Å². The normalized spacial score (nSPS) is 12.3. The van der Waals surface area contributed by atoms with Gasteiger partial charge >= 0.3 is 0 Å². The van der Waals surface area contributed by atoms with Crippen LogP contribution in [0.4, 0.5) is 0 Å². The monoisotopic (exact) mass is 242 g/mol. The SMILES string of the molecule is C=CCC(C)NCc1cn[nH]c1-c1cccnc1. The molecule has 0 bridgehead atoms. The minimum Gasteiger partial charge on any atom is -0.310 e. The fourth-order valence-corrected chi connectivity index (χ4v) is 1.82. The Bertz CT molecular complexity index is 490. The van der Waals surface area contributed by atoms with Gasteiger partial charge in [0.1, 0.15) is 0 Å². The van der Waals surface area contributed by atoms with Gasteiger partial charge in [-0.1, -0.05) is 6.08 Å². The predicted molar refractivity (Wildman–Crippen MR) is 72.9 cm³/mol. The number of pyridine rings is 1. The third kappa shape index (κ3) is 3.05. The van der Waals surface area contributed by atoms with Crippen molar-refractivity contribution in [1.29, 1.82) is 0 Å². The Morgan fingerprint density at radius 3 is 3.11 bits per heavy atom. The summed E-state index contributed by atoms with van der Waals surface area (Å²) in [6.45, 7) is 6.68. The highest BCUT2D eigenvalue weighted by molar-refractivity contribution is 5.61. The Hall–Kier alpha value is -1.94. The van der Waals surface area contributed by atoms with E-state index in [1.807, 2.05) is 30.6 Å². The van der Waals surface area contributed by atoms with Crippen molar-refractivity contribution in [2.45, 2.75) is 25.9 Å². The van der Waals surface area contributed by atoms with Crippen LogP contribution in [0.5, 0.6) is 0 Å². The highest BCUT2D eigenvalue weighted by atomic mass is 15.1. The molecule has 2 aromatic heterocycles. The average molecular weight is 242 g/mol. The van der Waals surface area contributed by atoms with E-state index in [0.717, 1.165) is 29.8 Å². The topological polar surface area (TPSA) is 53.6 Å². The quantitative estimate of drug-likeness (QED) is 0.765. The maximum Gasteiger partial charge on any atom is 0.0710 e. The van der Waals surface area contributed by atoms with Crippen LogP contribution in [0.1, 0.15) is 18.9 Å². The molecule has 2 rings (SSSR count). The molecule has 94 valence electrons. The van der Waals surface area contributed by atoms with Gasteiger partial charge < -0.3 is 5.32 Å². The zero-order valence-electron chi connectivity index (χ0n) is 10.6. The summed E-state index contributed by atoms with van der Waals surface area (Å²) in [4.78, 5) is 4.12. The number of hydrogen-bond acceptors (Lipinski definition) is 3. The number of nitrogens with zero attached hydrogens (tertiary/aromatic N) is 2. The van der Waals surface area contributed by atoms with Gasteiger partial charge in [-0.05, 0) is 25.5 Å². The van der Waals surface area contributed by atoms with Crippen LogP contribution in [0.25, 0.3) is 11.3 Å². The molecule has 0 saturated carbocycles. The first kappa shape index (κ1) is 12.5. The molecule has 0 fully saturated rings. The summed E-state index contributed by atoms with van der Waals surface area (Å²) in [6, 6.07) is 4.37. The second-order valence-corrected chi connectivity index (χ2v) is 4.32. The molecular formula is C14H18N4. The summed E-state index contributed by atoms with van der Waals surface area (Å²) in [5.74, 6) is 0. The van der Waals surface area contributed by atoms with Crippen molar-refractivity contribution in [2.24, 2.45) is 0 Å². The molecule has 0 radical (unpaired) electrons. The molecule has 4 heteroatoms. The molecular weight excluding hydrogens is 224 g/mol. The number of hydrogen-bond donors (Lipinski definition) is 2. The van der Waals surface area contributed by atoms with E-state index in [2.05, 4.69) is 34.0 Å². The van der Waals surface area contributed by atoms with E-state index in [1.165, 1.54) is 0 Å². The number of H-pyrrole nitrogens is 1. The van der Waals surface area contributed by atoms with Crippen LogP contribution in [0.3, 0.4) is 0 Å². The Morgan fingerprint density at radius 2 is 2.39 bits per heavy atom. The summed E-state index contributed by atoms with van der Waals surface area (Å²) in [5.41, 5.74) is 3.24. The largest absolute Gasteiger partial charge is 0.310 e. The Balaban J connectivity index is 2.07. The number of rotatable bonds is 6. The molecule has 2 N–H and O–H groups in total. The lowest BCUT2D eigenvalue weighted by atomic mass is 10.1. The molecule has 0 aliphatic carbocycles. The molecule has 0 aliphatic heterocycles. The molecule has 0 aromatic carbocycles. The Labute approximate surface area is 107 Å². The lowest BCUT2D eigenvalue weighted by molar-refractivity contribution is 0.554. The summed E-state index contributed by atoms with van der Waals surface area (Å²) in [6.07, 6.45) is 8.35. The lowest BCUT2D eigenvalue weighted by Gasteiger charge is -2.11. The molecule has 0 spiro atoms. The van der Waals surface area contributed by atoms with Crippen molar-refractivity contribution < 1.29 is 0 Å². The third-order valence-electron chi connectivity index (χ3n) is 2.83. The second-order valence-electron chi connectivity index (χ2n) is 4.32. The number of nitrogens with one attached hydrogen (secondary N) is 2. The highest BCUT2D eigenvalue weighted by Crippen LogP contribution is 2.19. The number of aromatic nitrogens is 3. The first-order valence-corrected chi connectivity index (χ1v) is 6.08. The van der Waals surface area contributed by atoms with Crippen molar-refractivity contribution in [3.63, 3.8) is 0 Å². The van der Waals surface area contributed by atoms with E-state index in [-0.39, 0.29) is 0 Å². The van der Waals surface area contributed by atoms with Gasteiger partial charge in [0.15, 0.2) is 0 Å². The van der Waals surface area contributed by atoms with E-state index in [4.69, 9.17) is 0 Å². The zero-order valence-corrected chi connectivity index (χ0v) is 10.6. The fraction of sp³-hybridized carbons (Fsp3) is 0.286. The molecule has 4 nitrogen and oxygen atoms in total. The Kier molecular flexibility index (Phi) is 4.25. The second kappa shape index (κ2) is 6.12. The van der Waals surface area contributed by atoms with Crippen molar-refractivity contribution >= 4 is 0 Å². The van der Waals surface area contributed by atoms with Gasteiger partial charge in [0, 0.05) is 36.1 Å². The van der Waals surface area contributed by atoms with Crippen molar-refractivity contribution in [2.75, 3.05) is 0 Å². The van der Waals surface area contributed by atoms with Gasteiger partial charge in [-0.25, -0.2) is 0 Å². The van der Waals surface area contributed by atoms with E-state index in [1.54, 1.807) is 6.20 Å². The minimum absolute atomic E-state index is 0.416. The van der Waals surface area contributed by atoms with Gasteiger partial charge in [0.25, 0.3) is 0 Å². The smallest absolute Gasteiger partial charge is 0.0710 e. The first-order valence-electron chi connectivity index (χ1n) is 6.08. The summed E-state index contributed by atoms with van der Waals surface area (Å²) in [5, 5.41) is 10.6. The maximum absolute atomic E-state index is 4.12. The Morgan fingerprint density at radius 1 is 1.50 bits per heavy atom. The first-order chi connectivity index (χ1) is 8.81. The zero-order chi connectivity index (χ0) is 12.8. The van der Waals surface area contributed by atoms with Gasteiger partial charge in [0.05, 0.1) is 11.9 Å². The summed E-state index contributed by atoms with van der Waals surface area (Å²) < 4.78 is 0. The molecule has 0 aliphatic rings. The molecule has 18 heavy (non-hydrogen) atoms. The van der Waals surface area contributed by atoms with Gasteiger partial charge in [0.2, 0.25) is 0 Å². The molecule has 1 atom stereocenters. The van der Waals surface area contributed by atoms with Crippen LogP contribution in [0.15, 0.2) is 43.4 Å². The van der Waals surface area contributed by atoms with Crippen LogP contribution >= 0.6 is 0 Å². The summed E-state index contributed by atoms with van der Waals surface area (Å²) in [7, 11) is 0. The van der Waals surface area contributed by atoms with Gasteiger partial charge in [-0.15, -0.1) is 6.58 Å². The standard InChI is InChI=1S/C14H18N4/c1-3-5-11(2)16-9-13-10-17-18-14(13)12-6-4-7-15-8-12/h3-4,6-8,10-11,16H,1,5,9H2,2H3,(H,17,18). The third-order valence-corrected chi connectivity index (χ3v) is 2.83. The molecule has 0 saturated heterocycles. The minimum atomic E-state index is 0.416. The maximum atomic E-state index is 4.12. The van der Waals surface area contributed by atoms with Crippen LogP contribution in [0, 0.1) is 0 Å². The van der Waals surface area contributed by atoms with Crippen LogP contribution in [-0.4, -0.2) is 21.2 Å². The molecule has 0 amide bonds. The van der Waals surface area contributed by atoms with E-state index >= 15 is 0 Å². The molecule has 2 aromatic rings. The fourth-order valence-electron chi connectivity index (χ4n) is 1.82.